The Morgan fingerprint density at radius 3 is 2.82 bits per heavy atom. The smallest absolute Gasteiger partial charge is 0.0834 e. The lowest BCUT2D eigenvalue weighted by molar-refractivity contribution is 0.0352. The van der Waals surface area contributed by atoms with E-state index in [0.29, 0.717) is 0 Å². The van der Waals surface area contributed by atoms with E-state index in [1.807, 2.05) is 0 Å². The summed E-state index contributed by atoms with van der Waals surface area (Å²) in [4.78, 5) is 0. The first-order valence-corrected chi connectivity index (χ1v) is 4.64. The molecule has 0 aromatic carbocycles. The minimum atomic E-state index is -0.188. The Morgan fingerprint density at radius 1 is 1.45 bits per heavy atom. The van der Waals surface area contributed by atoms with Crippen molar-refractivity contribution < 1.29 is 9.84 Å². The highest BCUT2D eigenvalue weighted by atomic mass is 16.5. The van der Waals surface area contributed by atoms with Crippen LogP contribution in [0.15, 0.2) is 0 Å². The van der Waals surface area contributed by atoms with Crippen LogP contribution in [0.5, 0.6) is 0 Å². The molecule has 1 aliphatic heterocycles. The third kappa shape index (κ3) is 2.80. The Kier molecular flexibility index (Phi) is 3.87. The summed E-state index contributed by atoms with van der Waals surface area (Å²) >= 11 is 0. The molecule has 0 saturated carbocycles. The molecule has 11 heavy (non-hydrogen) atoms. The standard InChI is InChI=1S/C9H18O2/c1-2-3-4-5-9-8(10)6-7-11-9/h8-10H,2-7H2,1H3/t8-,9+/m0/s1. The van der Waals surface area contributed by atoms with E-state index in [1.165, 1.54) is 19.3 Å². The molecule has 1 saturated heterocycles. The van der Waals surface area contributed by atoms with Gasteiger partial charge in [-0.3, -0.25) is 0 Å². The van der Waals surface area contributed by atoms with E-state index < -0.39 is 0 Å². The lowest BCUT2D eigenvalue weighted by Crippen LogP contribution is -2.20. The van der Waals surface area contributed by atoms with Gasteiger partial charge in [-0.15, -0.1) is 0 Å². The van der Waals surface area contributed by atoms with Gasteiger partial charge >= 0.3 is 0 Å². The largest absolute Gasteiger partial charge is 0.390 e. The van der Waals surface area contributed by atoms with E-state index in [4.69, 9.17) is 4.74 Å². The summed E-state index contributed by atoms with van der Waals surface area (Å²) in [6.45, 7) is 2.93. The zero-order chi connectivity index (χ0) is 8.10. The molecule has 1 aliphatic rings. The van der Waals surface area contributed by atoms with Gasteiger partial charge in [-0.25, -0.2) is 0 Å². The Hall–Kier alpha value is -0.0800. The number of ether oxygens (including phenoxy) is 1. The van der Waals surface area contributed by atoms with E-state index in [-0.39, 0.29) is 12.2 Å². The fourth-order valence-corrected chi connectivity index (χ4v) is 1.51. The average molecular weight is 158 g/mol. The summed E-state index contributed by atoms with van der Waals surface area (Å²) in [5, 5.41) is 9.36. The molecule has 0 aliphatic carbocycles. The van der Waals surface area contributed by atoms with Gasteiger partial charge in [0.15, 0.2) is 0 Å². The van der Waals surface area contributed by atoms with Crippen LogP contribution in [0.3, 0.4) is 0 Å². The summed E-state index contributed by atoms with van der Waals surface area (Å²) in [5.41, 5.74) is 0. The summed E-state index contributed by atoms with van der Waals surface area (Å²) in [6.07, 6.45) is 5.51. The Labute approximate surface area is 68.6 Å². The molecule has 0 bridgehead atoms. The molecular weight excluding hydrogens is 140 g/mol. The SMILES string of the molecule is CCCCC[C@H]1OCC[C@@H]1O. The van der Waals surface area contributed by atoms with Gasteiger partial charge in [0.25, 0.3) is 0 Å². The van der Waals surface area contributed by atoms with Gasteiger partial charge in [-0.1, -0.05) is 26.2 Å². The molecule has 1 fully saturated rings. The molecule has 0 radical (unpaired) electrons. The Balaban J connectivity index is 2.05. The van der Waals surface area contributed by atoms with Crippen LogP contribution in [-0.2, 0) is 4.74 Å². The van der Waals surface area contributed by atoms with Gasteiger partial charge in [0.05, 0.1) is 12.2 Å². The number of hydrogen-bond donors (Lipinski definition) is 1. The van der Waals surface area contributed by atoms with E-state index in [0.717, 1.165) is 19.4 Å². The topological polar surface area (TPSA) is 29.5 Å². The molecule has 1 heterocycles. The molecule has 0 unspecified atom stereocenters. The summed E-state index contributed by atoms with van der Waals surface area (Å²) in [7, 11) is 0. The molecule has 0 spiro atoms. The molecule has 2 atom stereocenters. The maximum Gasteiger partial charge on any atom is 0.0834 e. The van der Waals surface area contributed by atoms with Crippen molar-refractivity contribution in [3.8, 4) is 0 Å². The monoisotopic (exact) mass is 158 g/mol. The van der Waals surface area contributed by atoms with E-state index in [9.17, 15) is 5.11 Å². The zero-order valence-corrected chi connectivity index (χ0v) is 7.25. The maximum absolute atomic E-state index is 9.36. The Bertz CT molecular complexity index is 104. The van der Waals surface area contributed by atoms with Crippen molar-refractivity contribution in [2.45, 2.75) is 51.2 Å². The fourth-order valence-electron chi connectivity index (χ4n) is 1.51. The second kappa shape index (κ2) is 4.73. The summed E-state index contributed by atoms with van der Waals surface area (Å²) < 4.78 is 5.36. The fraction of sp³-hybridized carbons (Fsp3) is 1.00. The van der Waals surface area contributed by atoms with Crippen LogP contribution >= 0.6 is 0 Å². The van der Waals surface area contributed by atoms with Gasteiger partial charge in [0.1, 0.15) is 0 Å². The van der Waals surface area contributed by atoms with Crippen LogP contribution in [0, 0.1) is 0 Å². The number of aliphatic hydroxyl groups excluding tert-OH is 1. The van der Waals surface area contributed by atoms with Gasteiger partial charge < -0.3 is 9.84 Å². The van der Waals surface area contributed by atoms with Crippen molar-refractivity contribution in [3.63, 3.8) is 0 Å². The molecular formula is C9H18O2. The zero-order valence-electron chi connectivity index (χ0n) is 7.25. The van der Waals surface area contributed by atoms with Gasteiger partial charge in [-0.05, 0) is 12.8 Å². The van der Waals surface area contributed by atoms with Crippen molar-refractivity contribution in [2.75, 3.05) is 6.61 Å². The normalized spacial score (nSPS) is 31.1. The van der Waals surface area contributed by atoms with Crippen molar-refractivity contribution in [2.24, 2.45) is 0 Å². The first-order chi connectivity index (χ1) is 5.34. The van der Waals surface area contributed by atoms with E-state index in [2.05, 4.69) is 6.92 Å². The molecule has 66 valence electrons. The quantitative estimate of drug-likeness (QED) is 0.631. The number of rotatable bonds is 4. The van der Waals surface area contributed by atoms with Gasteiger partial charge in [0, 0.05) is 6.61 Å². The molecule has 0 aromatic heterocycles. The molecule has 1 N–H and O–H groups in total. The third-order valence-corrected chi connectivity index (χ3v) is 2.27. The van der Waals surface area contributed by atoms with E-state index in [1.54, 1.807) is 0 Å². The molecule has 0 amide bonds. The number of hydrogen-bond acceptors (Lipinski definition) is 2. The van der Waals surface area contributed by atoms with Crippen LogP contribution in [0.2, 0.25) is 0 Å². The van der Waals surface area contributed by atoms with Crippen molar-refractivity contribution in [3.05, 3.63) is 0 Å². The van der Waals surface area contributed by atoms with Crippen molar-refractivity contribution in [1.82, 2.24) is 0 Å². The second-order valence-electron chi connectivity index (χ2n) is 3.26. The highest BCUT2D eigenvalue weighted by Gasteiger charge is 2.24. The predicted molar refractivity (Wildman–Crippen MR) is 44.5 cm³/mol. The molecule has 0 aromatic rings. The van der Waals surface area contributed by atoms with Crippen LogP contribution < -0.4 is 0 Å². The van der Waals surface area contributed by atoms with Crippen molar-refractivity contribution in [1.29, 1.82) is 0 Å². The third-order valence-electron chi connectivity index (χ3n) is 2.27. The lowest BCUT2D eigenvalue weighted by Gasteiger charge is -2.12. The maximum atomic E-state index is 9.36. The second-order valence-corrected chi connectivity index (χ2v) is 3.26. The van der Waals surface area contributed by atoms with Crippen LogP contribution in [-0.4, -0.2) is 23.9 Å². The van der Waals surface area contributed by atoms with Crippen molar-refractivity contribution >= 4 is 0 Å². The lowest BCUT2D eigenvalue weighted by atomic mass is 10.1. The number of aliphatic hydroxyl groups is 1. The highest BCUT2D eigenvalue weighted by molar-refractivity contribution is 4.74. The average Bonchev–Trinajstić information content (AvgIpc) is 2.37. The first kappa shape index (κ1) is 9.01. The minimum Gasteiger partial charge on any atom is -0.390 e. The number of unbranched alkanes of at least 4 members (excludes halogenated alkanes) is 2. The van der Waals surface area contributed by atoms with E-state index >= 15 is 0 Å². The molecule has 1 rings (SSSR count). The minimum absolute atomic E-state index is 0.140. The molecule has 2 nitrogen and oxygen atoms in total. The first-order valence-electron chi connectivity index (χ1n) is 4.64. The Morgan fingerprint density at radius 2 is 2.27 bits per heavy atom. The highest BCUT2D eigenvalue weighted by Crippen LogP contribution is 2.18. The summed E-state index contributed by atoms with van der Waals surface area (Å²) in [6, 6.07) is 0. The molecule has 2 heteroatoms. The summed E-state index contributed by atoms with van der Waals surface area (Å²) in [5.74, 6) is 0. The van der Waals surface area contributed by atoms with Crippen LogP contribution in [0.25, 0.3) is 0 Å². The van der Waals surface area contributed by atoms with Crippen LogP contribution in [0.4, 0.5) is 0 Å². The van der Waals surface area contributed by atoms with Gasteiger partial charge in [0.2, 0.25) is 0 Å². The predicted octanol–water partition coefficient (Wildman–Crippen LogP) is 1.72. The van der Waals surface area contributed by atoms with Crippen LogP contribution in [0.1, 0.15) is 39.0 Å². The van der Waals surface area contributed by atoms with Gasteiger partial charge in [-0.2, -0.15) is 0 Å².